The molecule has 3 aromatic rings. The van der Waals surface area contributed by atoms with Crippen LogP contribution in [0.4, 0.5) is 5.69 Å². The van der Waals surface area contributed by atoms with Crippen molar-refractivity contribution in [3.8, 4) is 11.5 Å². The maximum Gasteiger partial charge on any atom is 0.246 e. The second-order valence-corrected chi connectivity index (χ2v) is 6.80. The number of hydrogen-bond donors (Lipinski definition) is 1. The van der Waals surface area contributed by atoms with Gasteiger partial charge >= 0.3 is 0 Å². The Morgan fingerprint density at radius 1 is 0.897 bits per heavy atom. The van der Waals surface area contributed by atoms with Crippen LogP contribution in [0.5, 0.6) is 11.5 Å². The summed E-state index contributed by atoms with van der Waals surface area (Å²) in [6.07, 6.45) is 0. The lowest BCUT2D eigenvalue weighted by Gasteiger charge is -2.28. The number of anilines is 1. The van der Waals surface area contributed by atoms with E-state index in [0.717, 1.165) is 16.9 Å². The fraction of sp³-hybridized carbons (Fsp3) is 0.208. The number of methoxy groups -OCH3 is 2. The standard InChI is InChI=1S/C24H26N2O3/c1-26(17-18-12-14-21(28-2)15-13-18)23(19-8-5-4-6-9-19)24(27)25-20-10-7-11-22(16-20)29-3/h4-16,23H,17H2,1-3H3,(H,25,27)/t23-/m0/s1. The van der Waals surface area contributed by atoms with Gasteiger partial charge in [0.2, 0.25) is 5.91 Å². The Bertz CT molecular complexity index is 926. The van der Waals surface area contributed by atoms with Crippen LogP contribution in [-0.4, -0.2) is 32.1 Å². The predicted octanol–water partition coefficient (Wildman–Crippen LogP) is 4.52. The molecule has 0 aliphatic rings. The summed E-state index contributed by atoms with van der Waals surface area (Å²) in [5.41, 5.74) is 2.74. The molecule has 0 aliphatic heterocycles. The smallest absolute Gasteiger partial charge is 0.246 e. The number of carbonyl (C=O) groups excluding carboxylic acids is 1. The highest BCUT2D eigenvalue weighted by Crippen LogP contribution is 2.25. The van der Waals surface area contributed by atoms with E-state index in [1.165, 1.54) is 0 Å². The monoisotopic (exact) mass is 390 g/mol. The van der Waals surface area contributed by atoms with Gasteiger partial charge in [0.25, 0.3) is 0 Å². The molecule has 0 radical (unpaired) electrons. The van der Waals surface area contributed by atoms with Gasteiger partial charge in [-0.05, 0) is 42.4 Å². The quantitative estimate of drug-likeness (QED) is 0.615. The van der Waals surface area contributed by atoms with Crippen molar-refractivity contribution in [2.75, 3.05) is 26.6 Å². The maximum atomic E-state index is 13.2. The molecule has 0 heterocycles. The molecule has 0 aromatic heterocycles. The topological polar surface area (TPSA) is 50.8 Å². The molecule has 3 rings (SSSR count). The minimum absolute atomic E-state index is 0.0968. The number of hydrogen-bond acceptors (Lipinski definition) is 4. The molecule has 5 heteroatoms. The Hall–Kier alpha value is -3.31. The lowest BCUT2D eigenvalue weighted by molar-refractivity contribution is -0.121. The first-order chi connectivity index (χ1) is 14.1. The van der Waals surface area contributed by atoms with Crippen LogP contribution in [0, 0.1) is 0 Å². The molecule has 0 spiro atoms. The fourth-order valence-electron chi connectivity index (χ4n) is 3.26. The lowest BCUT2D eigenvalue weighted by Crippen LogP contribution is -2.34. The largest absolute Gasteiger partial charge is 0.497 e. The first-order valence-corrected chi connectivity index (χ1v) is 9.43. The summed E-state index contributed by atoms with van der Waals surface area (Å²) in [5, 5.41) is 3.02. The Morgan fingerprint density at radius 3 is 2.24 bits per heavy atom. The molecule has 0 bridgehead atoms. The minimum Gasteiger partial charge on any atom is -0.497 e. The van der Waals surface area contributed by atoms with E-state index in [1.807, 2.05) is 90.8 Å². The summed E-state index contributed by atoms with van der Waals surface area (Å²) < 4.78 is 10.5. The number of nitrogens with zero attached hydrogens (tertiary/aromatic N) is 1. The van der Waals surface area contributed by atoms with E-state index < -0.39 is 6.04 Å². The summed E-state index contributed by atoms with van der Waals surface area (Å²) in [6, 6.07) is 24.6. The summed E-state index contributed by atoms with van der Waals surface area (Å²) in [4.78, 5) is 15.3. The van der Waals surface area contributed by atoms with E-state index in [4.69, 9.17) is 9.47 Å². The molecular weight excluding hydrogens is 364 g/mol. The number of carbonyl (C=O) groups is 1. The number of likely N-dealkylation sites (N-methyl/N-ethyl adjacent to an activating group) is 1. The summed E-state index contributed by atoms with van der Waals surface area (Å²) >= 11 is 0. The summed E-state index contributed by atoms with van der Waals surface area (Å²) in [6.45, 7) is 0.620. The van der Waals surface area contributed by atoms with Gasteiger partial charge in [0.05, 0.1) is 14.2 Å². The van der Waals surface area contributed by atoms with Gasteiger partial charge in [0.1, 0.15) is 17.5 Å². The van der Waals surface area contributed by atoms with Gasteiger partial charge in [0, 0.05) is 18.3 Å². The molecule has 0 saturated carbocycles. The van der Waals surface area contributed by atoms with Crippen LogP contribution in [0.2, 0.25) is 0 Å². The van der Waals surface area contributed by atoms with Crippen molar-refractivity contribution in [3.63, 3.8) is 0 Å². The zero-order chi connectivity index (χ0) is 20.6. The lowest BCUT2D eigenvalue weighted by atomic mass is 10.0. The van der Waals surface area contributed by atoms with Gasteiger partial charge in [-0.1, -0.05) is 48.5 Å². The normalized spacial score (nSPS) is 11.7. The van der Waals surface area contributed by atoms with Crippen molar-refractivity contribution in [3.05, 3.63) is 90.0 Å². The molecule has 0 aliphatic carbocycles. The fourth-order valence-corrected chi connectivity index (χ4v) is 3.26. The van der Waals surface area contributed by atoms with Crippen molar-refractivity contribution < 1.29 is 14.3 Å². The van der Waals surface area contributed by atoms with Crippen molar-refractivity contribution >= 4 is 11.6 Å². The molecule has 1 atom stereocenters. The zero-order valence-electron chi connectivity index (χ0n) is 17.0. The van der Waals surface area contributed by atoms with Gasteiger partial charge in [0.15, 0.2) is 0 Å². The molecule has 0 unspecified atom stereocenters. The van der Waals surface area contributed by atoms with Crippen molar-refractivity contribution in [1.82, 2.24) is 4.90 Å². The first kappa shape index (κ1) is 20.4. The second kappa shape index (κ2) is 9.75. The second-order valence-electron chi connectivity index (χ2n) is 6.80. The SMILES string of the molecule is COc1ccc(CN(C)[C@H](C(=O)Nc2cccc(OC)c2)c2ccccc2)cc1. The van der Waals surface area contributed by atoms with Crippen LogP contribution in [-0.2, 0) is 11.3 Å². The molecular formula is C24H26N2O3. The molecule has 5 nitrogen and oxygen atoms in total. The van der Waals surface area contributed by atoms with Gasteiger partial charge in [-0.2, -0.15) is 0 Å². The van der Waals surface area contributed by atoms with E-state index in [2.05, 4.69) is 5.32 Å². The highest BCUT2D eigenvalue weighted by atomic mass is 16.5. The highest BCUT2D eigenvalue weighted by molar-refractivity contribution is 5.95. The molecule has 1 N–H and O–H groups in total. The van der Waals surface area contributed by atoms with E-state index in [1.54, 1.807) is 14.2 Å². The molecule has 0 saturated heterocycles. The van der Waals surface area contributed by atoms with E-state index >= 15 is 0 Å². The average molecular weight is 390 g/mol. The summed E-state index contributed by atoms with van der Waals surface area (Å²) in [7, 11) is 5.21. The zero-order valence-corrected chi connectivity index (χ0v) is 17.0. The number of nitrogens with one attached hydrogen (secondary N) is 1. The van der Waals surface area contributed by atoms with Crippen LogP contribution in [0.1, 0.15) is 17.2 Å². The third-order valence-corrected chi connectivity index (χ3v) is 4.73. The first-order valence-electron chi connectivity index (χ1n) is 9.43. The van der Waals surface area contributed by atoms with E-state index in [-0.39, 0.29) is 5.91 Å². The van der Waals surface area contributed by atoms with Gasteiger partial charge in [-0.15, -0.1) is 0 Å². The molecule has 0 fully saturated rings. The molecule has 150 valence electrons. The van der Waals surface area contributed by atoms with Crippen LogP contribution >= 0.6 is 0 Å². The van der Waals surface area contributed by atoms with E-state index in [0.29, 0.717) is 18.0 Å². The van der Waals surface area contributed by atoms with Crippen LogP contribution in [0.3, 0.4) is 0 Å². The number of ether oxygens (including phenoxy) is 2. The van der Waals surface area contributed by atoms with Crippen molar-refractivity contribution in [2.45, 2.75) is 12.6 Å². The Labute approximate surface area is 171 Å². The van der Waals surface area contributed by atoms with Gasteiger partial charge < -0.3 is 14.8 Å². The van der Waals surface area contributed by atoms with Crippen LogP contribution in [0.15, 0.2) is 78.9 Å². The average Bonchev–Trinajstić information content (AvgIpc) is 2.75. The van der Waals surface area contributed by atoms with Crippen molar-refractivity contribution in [2.24, 2.45) is 0 Å². The Morgan fingerprint density at radius 2 is 1.59 bits per heavy atom. The van der Waals surface area contributed by atoms with Crippen molar-refractivity contribution in [1.29, 1.82) is 0 Å². The third-order valence-electron chi connectivity index (χ3n) is 4.73. The van der Waals surface area contributed by atoms with Crippen LogP contribution in [0.25, 0.3) is 0 Å². The molecule has 29 heavy (non-hydrogen) atoms. The minimum atomic E-state index is -0.440. The summed E-state index contributed by atoms with van der Waals surface area (Å²) in [5.74, 6) is 1.41. The van der Waals surface area contributed by atoms with Crippen LogP contribution < -0.4 is 14.8 Å². The number of amides is 1. The van der Waals surface area contributed by atoms with E-state index in [9.17, 15) is 4.79 Å². The molecule has 3 aromatic carbocycles. The Kier molecular flexibility index (Phi) is 6.87. The van der Waals surface area contributed by atoms with Gasteiger partial charge in [-0.3, -0.25) is 9.69 Å². The Balaban J connectivity index is 1.82. The maximum absolute atomic E-state index is 13.2. The highest BCUT2D eigenvalue weighted by Gasteiger charge is 2.25. The number of rotatable bonds is 8. The predicted molar refractivity (Wildman–Crippen MR) is 115 cm³/mol. The molecule has 1 amide bonds. The number of benzene rings is 3. The third kappa shape index (κ3) is 5.36. The van der Waals surface area contributed by atoms with Gasteiger partial charge in [-0.25, -0.2) is 0 Å².